The van der Waals surface area contributed by atoms with Gasteiger partial charge in [-0.3, -0.25) is 18.8 Å². The number of anilines is 1. The highest BCUT2D eigenvalue weighted by Crippen LogP contribution is 2.58. The number of nitrogens with zero attached hydrogens (tertiary/aromatic N) is 6. The Labute approximate surface area is 178 Å². The molecule has 1 N–H and O–H groups in total. The molecule has 1 fully saturated rings. The molecule has 170 valence electrons. The Morgan fingerprint density at radius 2 is 2.06 bits per heavy atom. The number of aromatic nitrogens is 5. The van der Waals surface area contributed by atoms with Gasteiger partial charge in [0.05, 0.1) is 26.0 Å². The first-order valence-electron chi connectivity index (χ1n) is 9.80. The van der Waals surface area contributed by atoms with Gasteiger partial charge < -0.3 is 14.4 Å². The van der Waals surface area contributed by atoms with Crippen molar-refractivity contribution in [2.45, 2.75) is 45.7 Å². The molecule has 3 heterocycles. The summed E-state index contributed by atoms with van der Waals surface area (Å²) in [5.74, 6) is -0.720. The Morgan fingerprint density at radius 3 is 2.68 bits per heavy atom. The molecule has 31 heavy (non-hydrogen) atoms. The third kappa shape index (κ3) is 5.43. The van der Waals surface area contributed by atoms with Gasteiger partial charge in [0.25, 0.3) is 0 Å². The van der Waals surface area contributed by atoms with Crippen LogP contribution in [0.5, 0.6) is 0 Å². The van der Waals surface area contributed by atoms with Crippen LogP contribution in [0, 0.1) is 0 Å². The monoisotopic (exact) mass is 455 g/mol. The van der Waals surface area contributed by atoms with Gasteiger partial charge in [0, 0.05) is 26.6 Å². The fraction of sp³-hybridized carbons (Fsp3) is 0.588. The number of rotatable bonds is 9. The highest BCUT2D eigenvalue weighted by atomic mass is 31.2. The number of nitrogens with one attached hydrogen (secondary N) is 1. The molecule has 13 nitrogen and oxygen atoms in total. The molecule has 1 saturated heterocycles. The summed E-state index contributed by atoms with van der Waals surface area (Å²) in [6, 6.07) is 1.52. The van der Waals surface area contributed by atoms with Gasteiger partial charge in [0.1, 0.15) is 17.3 Å². The maximum atomic E-state index is 13.1. The smallest absolute Gasteiger partial charge is 0.311 e. The lowest BCUT2D eigenvalue weighted by Crippen LogP contribution is -2.25. The lowest BCUT2D eigenvalue weighted by atomic mass is 10.4. The summed E-state index contributed by atoms with van der Waals surface area (Å²) in [6.07, 6.45) is 2.92. The average Bonchev–Trinajstić information content (AvgIpc) is 3.31. The normalized spacial score (nSPS) is 19.6. The van der Waals surface area contributed by atoms with Crippen LogP contribution < -0.4 is 11.0 Å². The number of amides is 1. The molecule has 0 aliphatic carbocycles. The molecule has 0 radical (unpaired) electrons. The summed E-state index contributed by atoms with van der Waals surface area (Å²) in [5, 5.41) is 12.1. The van der Waals surface area contributed by atoms with Gasteiger partial charge >= 0.3 is 13.3 Å². The molecule has 1 aliphatic rings. The summed E-state index contributed by atoms with van der Waals surface area (Å²) in [5.41, 5.74) is -0.0317. The van der Waals surface area contributed by atoms with Crippen LogP contribution in [0.25, 0.3) is 0 Å². The predicted octanol–water partition coefficient (Wildman–Crippen LogP) is 1.20. The molecule has 2 atom stereocenters. The van der Waals surface area contributed by atoms with E-state index in [0.717, 1.165) is 0 Å². The molecule has 0 unspecified atom stereocenters. The van der Waals surface area contributed by atoms with Crippen LogP contribution in [0.1, 0.15) is 39.1 Å². The van der Waals surface area contributed by atoms with E-state index in [1.54, 1.807) is 27.1 Å². The second-order valence-electron chi connectivity index (χ2n) is 6.79. The Balaban J connectivity index is 1.71. The standard InChI is InChI=1S/C17H26N7O6P/c1-5-28-31(27,29-6-2)16-9-15(30-22(16)4)24-11-13(20-21-24)10-23-8-7-14(18-12(3)25)19-17(23)26/h7-8,11,15-16H,5-6,9-10H2,1-4H3,(H,18,19,25,26)/t15-,16-/m1/s1. The second kappa shape index (κ2) is 9.79. The summed E-state index contributed by atoms with van der Waals surface area (Å²) in [6.45, 7) is 5.48. The van der Waals surface area contributed by atoms with Gasteiger partial charge in [-0.2, -0.15) is 10.0 Å². The number of hydroxylamine groups is 2. The van der Waals surface area contributed by atoms with Gasteiger partial charge in [-0.15, -0.1) is 5.10 Å². The maximum absolute atomic E-state index is 13.1. The van der Waals surface area contributed by atoms with Crippen LogP contribution >= 0.6 is 7.60 Å². The van der Waals surface area contributed by atoms with Crippen LogP contribution in [0.15, 0.2) is 23.3 Å². The fourth-order valence-electron chi connectivity index (χ4n) is 3.19. The topological polar surface area (TPSA) is 143 Å². The second-order valence-corrected chi connectivity index (χ2v) is 8.98. The molecule has 0 bridgehead atoms. The third-order valence-corrected chi connectivity index (χ3v) is 6.97. The largest absolute Gasteiger partial charge is 0.350 e. The summed E-state index contributed by atoms with van der Waals surface area (Å²) in [7, 11) is -1.73. The zero-order valence-electron chi connectivity index (χ0n) is 17.8. The van der Waals surface area contributed by atoms with Crippen molar-refractivity contribution in [3.63, 3.8) is 0 Å². The molecule has 1 aliphatic heterocycles. The van der Waals surface area contributed by atoms with E-state index in [1.165, 1.54) is 33.5 Å². The molecule has 3 rings (SSSR count). The fourth-order valence-corrected chi connectivity index (χ4v) is 5.22. The minimum absolute atomic E-state index is 0.133. The van der Waals surface area contributed by atoms with E-state index in [2.05, 4.69) is 20.6 Å². The van der Waals surface area contributed by atoms with E-state index in [-0.39, 0.29) is 31.5 Å². The van der Waals surface area contributed by atoms with Crippen molar-refractivity contribution in [2.24, 2.45) is 0 Å². The highest BCUT2D eigenvalue weighted by molar-refractivity contribution is 7.54. The van der Waals surface area contributed by atoms with Crippen molar-refractivity contribution >= 4 is 19.3 Å². The van der Waals surface area contributed by atoms with Gasteiger partial charge in [-0.05, 0) is 19.9 Å². The van der Waals surface area contributed by atoms with Gasteiger partial charge in [0.2, 0.25) is 5.91 Å². The molecule has 2 aromatic heterocycles. The quantitative estimate of drug-likeness (QED) is 0.548. The van der Waals surface area contributed by atoms with Crippen LogP contribution in [-0.2, 0) is 29.8 Å². The van der Waals surface area contributed by atoms with E-state index in [9.17, 15) is 14.2 Å². The minimum atomic E-state index is -3.39. The zero-order chi connectivity index (χ0) is 22.6. The molecule has 0 saturated carbocycles. The first-order valence-corrected chi connectivity index (χ1v) is 11.4. The van der Waals surface area contributed by atoms with Crippen LogP contribution in [0.3, 0.4) is 0 Å². The molecule has 14 heteroatoms. The van der Waals surface area contributed by atoms with Crippen LogP contribution in [0.4, 0.5) is 5.82 Å². The van der Waals surface area contributed by atoms with E-state index >= 15 is 0 Å². The summed E-state index contributed by atoms with van der Waals surface area (Å²) in [4.78, 5) is 32.8. The summed E-state index contributed by atoms with van der Waals surface area (Å²) < 4.78 is 26.8. The Morgan fingerprint density at radius 1 is 1.35 bits per heavy atom. The number of carbonyl (C=O) groups is 1. The lowest BCUT2D eigenvalue weighted by Gasteiger charge is -2.25. The molecule has 0 spiro atoms. The molecule has 0 aromatic carbocycles. The molecular formula is C17H26N7O6P. The summed E-state index contributed by atoms with van der Waals surface area (Å²) >= 11 is 0. The van der Waals surface area contributed by atoms with E-state index in [0.29, 0.717) is 12.1 Å². The van der Waals surface area contributed by atoms with Crippen LogP contribution in [-0.4, -0.2) is 61.6 Å². The number of carbonyl (C=O) groups excluding carboxylic acids is 1. The Bertz CT molecular complexity index is 1010. The molecule has 2 aromatic rings. The van der Waals surface area contributed by atoms with Crippen molar-refractivity contribution in [1.82, 2.24) is 29.6 Å². The van der Waals surface area contributed by atoms with Crippen LogP contribution in [0.2, 0.25) is 0 Å². The SMILES string of the molecule is CCOP(=O)(OCC)[C@@H]1C[C@H](n2cc(Cn3ccc(NC(C)=O)nc3=O)nn2)ON1C. The van der Waals surface area contributed by atoms with Crippen molar-refractivity contribution in [1.29, 1.82) is 0 Å². The van der Waals surface area contributed by atoms with E-state index in [4.69, 9.17) is 13.9 Å². The van der Waals surface area contributed by atoms with Gasteiger partial charge in [-0.25, -0.2) is 9.48 Å². The highest BCUT2D eigenvalue weighted by Gasteiger charge is 2.46. The Kier molecular flexibility index (Phi) is 7.34. The Hall–Kier alpha value is -2.44. The van der Waals surface area contributed by atoms with E-state index < -0.39 is 25.3 Å². The average molecular weight is 455 g/mol. The first kappa shape index (κ1) is 23.2. The van der Waals surface area contributed by atoms with Crippen molar-refractivity contribution in [2.75, 3.05) is 25.6 Å². The number of hydrogen-bond acceptors (Lipinski definition) is 10. The maximum Gasteiger partial charge on any atom is 0.350 e. The van der Waals surface area contributed by atoms with Crippen molar-refractivity contribution in [3.8, 4) is 0 Å². The van der Waals surface area contributed by atoms with E-state index in [1.807, 2.05) is 0 Å². The minimum Gasteiger partial charge on any atom is -0.311 e. The molecule has 1 amide bonds. The first-order chi connectivity index (χ1) is 14.8. The van der Waals surface area contributed by atoms with Crippen molar-refractivity contribution in [3.05, 3.63) is 34.6 Å². The van der Waals surface area contributed by atoms with Crippen molar-refractivity contribution < 1.29 is 23.2 Å². The lowest BCUT2D eigenvalue weighted by molar-refractivity contribution is -0.162. The third-order valence-electron chi connectivity index (χ3n) is 4.47. The molecular weight excluding hydrogens is 429 g/mol. The number of hydrogen-bond donors (Lipinski definition) is 1. The zero-order valence-corrected chi connectivity index (χ0v) is 18.7. The van der Waals surface area contributed by atoms with Gasteiger partial charge in [0.15, 0.2) is 6.23 Å². The van der Waals surface area contributed by atoms with Gasteiger partial charge in [-0.1, -0.05) is 5.21 Å². The predicted molar refractivity (Wildman–Crippen MR) is 109 cm³/mol.